The summed E-state index contributed by atoms with van der Waals surface area (Å²) in [6, 6.07) is 2.54. The molecule has 2 atom stereocenters. The molecular formula is C21H23NO2. The molecule has 0 spiro atoms. The molecule has 3 heteroatoms. The molecule has 1 aromatic rings. The molecule has 4 aliphatic rings. The zero-order chi connectivity index (χ0) is 16.6. The summed E-state index contributed by atoms with van der Waals surface area (Å²) >= 11 is 0. The summed E-state index contributed by atoms with van der Waals surface area (Å²) in [6.45, 7) is 9.42. The predicted octanol–water partition coefficient (Wildman–Crippen LogP) is 2.11. The van der Waals surface area contributed by atoms with E-state index in [1.807, 2.05) is 6.92 Å². The summed E-state index contributed by atoms with van der Waals surface area (Å²) in [4.78, 5) is 0. The minimum Gasteiger partial charge on any atom is -0.480 e. The van der Waals surface area contributed by atoms with Crippen LogP contribution >= 0.6 is 0 Å². The average Bonchev–Trinajstić information content (AvgIpc) is 3.11. The number of hydrogen-bond donors (Lipinski definition) is 1. The van der Waals surface area contributed by atoms with E-state index in [2.05, 4.69) is 50.4 Å². The van der Waals surface area contributed by atoms with Gasteiger partial charge in [-0.15, -0.1) is 0 Å². The van der Waals surface area contributed by atoms with Crippen molar-refractivity contribution in [3.63, 3.8) is 0 Å². The summed E-state index contributed by atoms with van der Waals surface area (Å²) in [6.07, 6.45) is 7.85. The van der Waals surface area contributed by atoms with E-state index < -0.39 is 0 Å². The number of rotatable bonds is 0. The van der Waals surface area contributed by atoms with Crippen LogP contribution in [0.5, 0.6) is 0 Å². The molecule has 1 N–H and O–H groups in total. The van der Waals surface area contributed by atoms with Crippen molar-refractivity contribution in [2.75, 3.05) is 6.73 Å². The van der Waals surface area contributed by atoms with Gasteiger partial charge in [-0.05, 0) is 43.0 Å². The van der Waals surface area contributed by atoms with E-state index >= 15 is 0 Å². The van der Waals surface area contributed by atoms with Crippen LogP contribution in [0.3, 0.4) is 0 Å². The van der Waals surface area contributed by atoms with Gasteiger partial charge in [0.1, 0.15) is 18.2 Å². The lowest BCUT2D eigenvalue weighted by molar-refractivity contribution is 0.300. The monoisotopic (exact) mass is 321 g/mol. The Hall–Kier alpha value is -2.00. The van der Waals surface area contributed by atoms with Crippen LogP contribution in [0, 0.1) is 12.8 Å². The van der Waals surface area contributed by atoms with Gasteiger partial charge in [-0.3, -0.25) is 5.32 Å². The highest BCUT2D eigenvalue weighted by Crippen LogP contribution is 2.38. The van der Waals surface area contributed by atoms with E-state index in [0.29, 0.717) is 6.73 Å². The van der Waals surface area contributed by atoms with E-state index in [4.69, 9.17) is 9.47 Å². The smallest absolute Gasteiger partial charge is 0.139 e. The largest absolute Gasteiger partial charge is 0.480 e. The van der Waals surface area contributed by atoms with Crippen molar-refractivity contribution in [2.24, 2.45) is 5.92 Å². The van der Waals surface area contributed by atoms with Gasteiger partial charge in [0.2, 0.25) is 0 Å². The maximum absolute atomic E-state index is 6.19. The molecule has 0 radical (unpaired) electrons. The van der Waals surface area contributed by atoms with E-state index in [1.54, 1.807) is 0 Å². The minimum atomic E-state index is 0.00331. The van der Waals surface area contributed by atoms with Crippen molar-refractivity contribution in [2.45, 2.75) is 45.6 Å². The van der Waals surface area contributed by atoms with Crippen LogP contribution < -0.4 is 15.8 Å². The first-order valence-corrected chi connectivity index (χ1v) is 8.79. The SMILES string of the molecule is CC1=CC2C(=c3c(C)cc4c(c3=C3OCNC32)C(C)(C)C=CC4)O1. The van der Waals surface area contributed by atoms with Crippen molar-refractivity contribution < 1.29 is 9.47 Å². The number of aryl methyl sites for hydroxylation is 1. The standard InChI is InChI=1S/C21H23NO2/c1-11-8-13-6-5-7-21(3,4)17(13)16-15(11)19-14(9-12(2)24-19)18-20(16)23-10-22-18/h5,7-9,14,18,22H,6,10H2,1-4H3. The van der Waals surface area contributed by atoms with Crippen LogP contribution in [0.15, 0.2) is 30.1 Å². The zero-order valence-electron chi connectivity index (χ0n) is 14.7. The first-order valence-electron chi connectivity index (χ1n) is 8.79. The molecule has 2 aliphatic heterocycles. The summed E-state index contributed by atoms with van der Waals surface area (Å²) < 4.78 is 12.3. The third kappa shape index (κ3) is 1.71. The van der Waals surface area contributed by atoms with E-state index in [1.165, 1.54) is 27.1 Å². The Bertz CT molecular complexity index is 949. The fourth-order valence-corrected chi connectivity index (χ4v) is 4.89. The van der Waals surface area contributed by atoms with Crippen LogP contribution in [0.25, 0.3) is 11.5 Å². The Morgan fingerprint density at radius 1 is 1.17 bits per heavy atom. The molecule has 1 fully saturated rings. The zero-order valence-corrected chi connectivity index (χ0v) is 14.7. The third-order valence-corrected chi connectivity index (χ3v) is 5.78. The second-order valence-electron chi connectivity index (χ2n) is 7.91. The summed E-state index contributed by atoms with van der Waals surface area (Å²) in [7, 11) is 0. The lowest BCUT2D eigenvalue weighted by Crippen LogP contribution is -2.49. The van der Waals surface area contributed by atoms with Crippen LogP contribution in [0.4, 0.5) is 0 Å². The molecular weight excluding hydrogens is 298 g/mol. The minimum absolute atomic E-state index is 0.00331. The number of fused-ring (bicyclic) bond motifs is 6. The lowest BCUT2D eigenvalue weighted by Gasteiger charge is -2.32. The van der Waals surface area contributed by atoms with E-state index in [9.17, 15) is 0 Å². The van der Waals surface area contributed by atoms with Crippen molar-refractivity contribution >= 4 is 11.5 Å². The number of ether oxygens (including phenoxy) is 2. The van der Waals surface area contributed by atoms with Gasteiger partial charge in [-0.2, -0.15) is 0 Å². The Morgan fingerprint density at radius 3 is 2.83 bits per heavy atom. The van der Waals surface area contributed by atoms with Crippen LogP contribution in [-0.2, 0) is 21.3 Å². The van der Waals surface area contributed by atoms with Gasteiger partial charge in [0.05, 0.1) is 17.7 Å². The first-order chi connectivity index (χ1) is 11.5. The van der Waals surface area contributed by atoms with E-state index in [0.717, 1.165) is 23.7 Å². The second-order valence-corrected chi connectivity index (χ2v) is 7.91. The molecule has 2 unspecified atom stereocenters. The van der Waals surface area contributed by atoms with Gasteiger partial charge in [-0.25, -0.2) is 0 Å². The molecule has 0 aromatic heterocycles. The summed E-state index contributed by atoms with van der Waals surface area (Å²) in [5.74, 6) is 3.44. The van der Waals surface area contributed by atoms with Gasteiger partial charge >= 0.3 is 0 Å². The molecule has 0 amide bonds. The number of benzene rings is 1. The Labute approximate surface area is 142 Å². The molecule has 24 heavy (non-hydrogen) atoms. The molecule has 0 bridgehead atoms. The van der Waals surface area contributed by atoms with Gasteiger partial charge in [-0.1, -0.05) is 32.1 Å². The summed E-state index contributed by atoms with van der Waals surface area (Å²) in [5.41, 5.74) is 4.12. The molecule has 124 valence electrons. The molecule has 2 aliphatic carbocycles. The average molecular weight is 321 g/mol. The van der Waals surface area contributed by atoms with Crippen molar-refractivity contribution in [1.29, 1.82) is 0 Å². The maximum atomic E-state index is 6.19. The molecule has 5 rings (SSSR count). The van der Waals surface area contributed by atoms with E-state index in [-0.39, 0.29) is 17.4 Å². The lowest BCUT2D eigenvalue weighted by atomic mass is 9.73. The highest BCUT2D eigenvalue weighted by molar-refractivity contribution is 5.67. The predicted molar refractivity (Wildman–Crippen MR) is 94.3 cm³/mol. The molecule has 1 saturated heterocycles. The van der Waals surface area contributed by atoms with Gasteiger partial charge in [0.25, 0.3) is 0 Å². The molecule has 3 nitrogen and oxygen atoms in total. The van der Waals surface area contributed by atoms with Gasteiger partial charge < -0.3 is 9.47 Å². The van der Waals surface area contributed by atoms with Gasteiger partial charge in [0, 0.05) is 15.9 Å². The fraction of sp³-hybridized carbons (Fsp3) is 0.429. The quantitative estimate of drug-likeness (QED) is 0.743. The molecule has 1 aromatic carbocycles. The number of hydrogen-bond acceptors (Lipinski definition) is 3. The Balaban J connectivity index is 1.99. The highest BCUT2D eigenvalue weighted by atomic mass is 16.5. The number of nitrogens with one attached hydrogen (secondary N) is 1. The highest BCUT2D eigenvalue weighted by Gasteiger charge is 2.42. The second kappa shape index (κ2) is 4.54. The van der Waals surface area contributed by atoms with Crippen LogP contribution in [0.1, 0.15) is 37.5 Å². The number of allylic oxidation sites excluding steroid dienone is 3. The maximum Gasteiger partial charge on any atom is 0.139 e. The van der Waals surface area contributed by atoms with Crippen molar-refractivity contribution in [3.8, 4) is 0 Å². The molecule has 0 saturated carbocycles. The Kier molecular flexibility index (Phi) is 2.72. The van der Waals surface area contributed by atoms with Crippen LogP contribution in [0.2, 0.25) is 0 Å². The topological polar surface area (TPSA) is 30.5 Å². The Morgan fingerprint density at radius 2 is 2.00 bits per heavy atom. The van der Waals surface area contributed by atoms with Crippen molar-refractivity contribution in [1.82, 2.24) is 5.32 Å². The summed E-state index contributed by atoms with van der Waals surface area (Å²) in [5, 5.41) is 6.06. The van der Waals surface area contributed by atoms with Crippen molar-refractivity contribution in [3.05, 3.63) is 57.2 Å². The normalized spacial score (nSPS) is 28.4. The van der Waals surface area contributed by atoms with Gasteiger partial charge in [0.15, 0.2) is 0 Å². The van der Waals surface area contributed by atoms with Crippen LogP contribution in [-0.4, -0.2) is 12.8 Å². The molecule has 2 heterocycles. The first kappa shape index (κ1) is 14.4. The third-order valence-electron chi connectivity index (χ3n) is 5.78. The fourth-order valence-electron chi connectivity index (χ4n) is 4.89.